The third kappa shape index (κ3) is 3.11. The van der Waals surface area contributed by atoms with Crippen molar-refractivity contribution in [3.8, 4) is 18.0 Å². The molecule has 2 rings (SSSR count). The number of rotatable bonds is 4. The molecule has 0 bridgehead atoms. The summed E-state index contributed by atoms with van der Waals surface area (Å²) in [5, 5.41) is 6.88. The minimum absolute atomic E-state index is 0.0733. The lowest BCUT2D eigenvalue weighted by Gasteiger charge is -2.12. The van der Waals surface area contributed by atoms with Crippen LogP contribution < -0.4 is 5.32 Å². The minimum atomic E-state index is -0.316. The van der Waals surface area contributed by atoms with E-state index in [1.54, 1.807) is 16.8 Å². The van der Waals surface area contributed by atoms with Crippen molar-refractivity contribution in [2.45, 2.75) is 19.8 Å². The van der Waals surface area contributed by atoms with Crippen molar-refractivity contribution in [3.63, 3.8) is 0 Å². The van der Waals surface area contributed by atoms with Gasteiger partial charge in [0.2, 0.25) is 0 Å². The largest absolute Gasteiger partial charge is 0.341 e. The summed E-state index contributed by atoms with van der Waals surface area (Å²) in [7, 11) is 0. The fourth-order valence-corrected chi connectivity index (χ4v) is 2.10. The van der Waals surface area contributed by atoms with Crippen molar-refractivity contribution < 1.29 is 9.18 Å². The Bertz CT molecular complexity index is 681. The van der Waals surface area contributed by atoms with Crippen LogP contribution in [0.2, 0.25) is 0 Å². The van der Waals surface area contributed by atoms with Gasteiger partial charge in [-0.3, -0.25) is 4.79 Å². The molecule has 21 heavy (non-hydrogen) atoms. The summed E-state index contributed by atoms with van der Waals surface area (Å²) in [6.45, 7) is 4.10. The van der Waals surface area contributed by atoms with Crippen molar-refractivity contribution >= 4 is 5.91 Å². The maximum atomic E-state index is 13.0. The molecule has 1 N–H and O–H groups in total. The van der Waals surface area contributed by atoms with E-state index in [0.29, 0.717) is 11.3 Å². The van der Waals surface area contributed by atoms with Gasteiger partial charge in [-0.15, -0.1) is 6.42 Å². The highest BCUT2D eigenvalue weighted by Gasteiger charge is 2.20. The molecule has 0 atom stereocenters. The predicted octanol–water partition coefficient (Wildman–Crippen LogP) is 2.50. The molecular formula is C16H16FN3O. The van der Waals surface area contributed by atoms with E-state index in [2.05, 4.69) is 16.3 Å². The second-order valence-corrected chi connectivity index (χ2v) is 4.87. The molecule has 4 nitrogen and oxygen atoms in total. The summed E-state index contributed by atoms with van der Waals surface area (Å²) in [6, 6.07) is 5.97. The molecule has 0 aliphatic carbocycles. The van der Waals surface area contributed by atoms with Crippen molar-refractivity contribution in [3.05, 3.63) is 47.5 Å². The Hall–Kier alpha value is -2.61. The van der Waals surface area contributed by atoms with Crippen LogP contribution in [0.1, 0.15) is 35.8 Å². The van der Waals surface area contributed by atoms with Crippen LogP contribution in [0.15, 0.2) is 30.5 Å². The molecule has 0 saturated carbocycles. The molecule has 0 unspecified atom stereocenters. The first-order chi connectivity index (χ1) is 10.0. The van der Waals surface area contributed by atoms with Crippen LogP contribution in [-0.2, 0) is 0 Å². The number of carbonyl (C=O) groups is 1. The summed E-state index contributed by atoms with van der Waals surface area (Å²) in [5.74, 6) is 1.86. The van der Waals surface area contributed by atoms with Gasteiger partial charge in [-0.25, -0.2) is 9.07 Å². The first kappa shape index (κ1) is 14.8. The summed E-state index contributed by atoms with van der Waals surface area (Å²) in [5.41, 5.74) is 1.94. The number of hydrogen-bond acceptors (Lipinski definition) is 2. The molecule has 0 aliphatic rings. The highest BCUT2D eigenvalue weighted by molar-refractivity contribution is 5.95. The van der Waals surface area contributed by atoms with E-state index in [0.717, 1.165) is 5.69 Å². The zero-order valence-electron chi connectivity index (χ0n) is 11.9. The van der Waals surface area contributed by atoms with Gasteiger partial charge in [-0.2, -0.15) is 5.10 Å². The first-order valence-electron chi connectivity index (χ1n) is 6.60. The Kier molecular flexibility index (Phi) is 4.39. The quantitative estimate of drug-likeness (QED) is 0.877. The fourth-order valence-electron chi connectivity index (χ4n) is 2.10. The second kappa shape index (κ2) is 6.23. The van der Waals surface area contributed by atoms with Gasteiger partial charge in [-0.1, -0.05) is 19.8 Å². The lowest BCUT2D eigenvalue weighted by molar-refractivity contribution is 0.0957. The summed E-state index contributed by atoms with van der Waals surface area (Å²) >= 11 is 0. The zero-order valence-corrected chi connectivity index (χ0v) is 11.9. The molecule has 1 aromatic carbocycles. The molecule has 0 aliphatic heterocycles. The van der Waals surface area contributed by atoms with E-state index in [1.165, 1.54) is 18.3 Å². The number of terminal acetylenes is 1. The van der Waals surface area contributed by atoms with Gasteiger partial charge in [0.25, 0.3) is 5.91 Å². The zero-order chi connectivity index (χ0) is 15.4. The number of amides is 1. The summed E-state index contributed by atoms with van der Waals surface area (Å²) < 4.78 is 14.7. The number of carbonyl (C=O) groups excluding carboxylic acids is 1. The molecule has 1 heterocycles. The number of halogens is 1. The van der Waals surface area contributed by atoms with Crippen molar-refractivity contribution in [1.29, 1.82) is 0 Å². The maximum Gasteiger partial charge on any atom is 0.255 e. The molecule has 2 aromatic rings. The normalized spacial score (nSPS) is 10.4. The highest BCUT2D eigenvalue weighted by Crippen LogP contribution is 2.23. The number of nitrogens with one attached hydrogen (secondary N) is 1. The number of nitrogens with zero attached hydrogens (tertiary/aromatic N) is 2. The summed E-state index contributed by atoms with van der Waals surface area (Å²) in [6.07, 6.45) is 6.65. The molecule has 0 saturated heterocycles. The van der Waals surface area contributed by atoms with Crippen LogP contribution >= 0.6 is 0 Å². The lowest BCUT2D eigenvalue weighted by Crippen LogP contribution is -2.24. The van der Waals surface area contributed by atoms with Crippen LogP contribution in [0.5, 0.6) is 0 Å². The highest BCUT2D eigenvalue weighted by atomic mass is 19.1. The van der Waals surface area contributed by atoms with Crippen molar-refractivity contribution in [2.75, 3.05) is 6.54 Å². The molecule has 1 aromatic heterocycles. The third-order valence-corrected chi connectivity index (χ3v) is 3.02. The van der Waals surface area contributed by atoms with Crippen LogP contribution in [0.4, 0.5) is 4.39 Å². The van der Waals surface area contributed by atoms with E-state index in [9.17, 15) is 9.18 Å². The number of hydrogen-bond donors (Lipinski definition) is 1. The topological polar surface area (TPSA) is 46.9 Å². The molecule has 0 radical (unpaired) electrons. The SMILES string of the molecule is C#CCNC(=O)c1cnn(-c2ccc(F)cc2)c1C(C)C. The van der Waals surface area contributed by atoms with Gasteiger partial charge >= 0.3 is 0 Å². The van der Waals surface area contributed by atoms with Gasteiger partial charge in [0.1, 0.15) is 5.82 Å². The fraction of sp³-hybridized carbons (Fsp3) is 0.250. The smallest absolute Gasteiger partial charge is 0.255 e. The van der Waals surface area contributed by atoms with E-state index in [-0.39, 0.29) is 24.2 Å². The van der Waals surface area contributed by atoms with E-state index in [1.807, 2.05) is 13.8 Å². The van der Waals surface area contributed by atoms with Gasteiger partial charge in [0.15, 0.2) is 0 Å². The molecule has 1 amide bonds. The molecular weight excluding hydrogens is 269 g/mol. The lowest BCUT2D eigenvalue weighted by atomic mass is 10.1. The van der Waals surface area contributed by atoms with Crippen LogP contribution in [0, 0.1) is 18.2 Å². The molecule has 0 fully saturated rings. The van der Waals surface area contributed by atoms with Crippen molar-refractivity contribution in [1.82, 2.24) is 15.1 Å². The minimum Gasteiger partial charge on any atom is -0.341 e. The van der Waals surface area contributed by atoms with Gasteiger partial charge < -0.3 is 5.32 Å². The van der Waals surface area contributed by atoms with Gasteiger partial charge in [0.05, 0.1) is 29.7 Å². The molecule has 108 valence electrons. The van der Waals surface area contributed by atoms with E-state index >= 15 is 0 Å². The van der Waals surface area contributed by atoms with E-state index in [4.69, 9.17) is 6.42 Å². The Labute approximate surface area is 123 Å². The monoisotopic (exact) mass is 285 g/mol. The third-order valence-electron chi connectivity index (χ3n) is 3.02. The number of aromatic nitrogens is 2. The Morgan fingerprint density at radius 3 is 2.67 bits per heavy atom. The molecule has 5 heteroatoms. The average Bonchev–Trinajstić information content (AvgIpc) is 2.90. The van der Waals surface area contributed by atoms with Gasteiger partial charge in [-0.05, 0) is 30.2 Å². The van der Waals surface area contributed by atoms with Gasteiger partial charge in [0, 0.05) is 0 Å². The van der Waals surface area contributed by atoms with E-state index < -0.39 is 0 Å². The van der Waals surface area contributed by atoms with Crippen LogP contribution in [0.25, 0.3) is 5.69 Å². The predicted molar refractivity (Wildman–Crippen MR) is 78.8 cm³/mol. The standard InChI is InChI=1S/C16H16FN3O/c1-4-9-18-16(21)14-10-19-20(15(14)11(2)3)13-7-5-12(17)6-8-13/h1,5-8,10-11H,9H2,2-3H3,(H,18,21). The number of benzene rings is 1. The van der Waals surface area contributed by atoms with Crippen LogP contribution in [0.3, 0.4) is 0 Å². The molecule has 0 spiro atoms. The Morgan fingerprint density at radius 1 is 1.43 bits per heavy atom. The summed E-state index contributed by atoms with van der Waals surface area (Å²) in [4.78, 5) is 12.1. The first-order valence-corrected chi connectivity index (χ1v) is 6.60. The average molecular weight is 285 g/mol. The van der Waals surface area contributed by atoms with Crippen molar-refractivity contribution in [2.24, 2.45) is 0 Å². The Morgan fingerprint density at radius 2 is 2.10 bits per heavy atom. The van der Waals surface area contributed by atoms with Crippen LogP contribution in [-0.4, -0.2) is 22.2 Å². The second-order valence-electron chi connectivity index (χ2n) is 4.87. The maximum absolute atomic E-state index is 13.0. The Balaban J connectivity index is 2.44.